The smallest absolute Gasteiger partial charge is 0.220 e. The standard InChI is InChI=1S/C20H29N3O.ClH/c1-13-10-17(20-18(11-13)14(2)15(3)23-20)12-22-19(24)5-4-16-6-8-21-9-7-16;/h10-11,16,21,23H,4-9,12H2,1-3H3,(H,22,24);1H. The molecule has 2 aromatic rings. The zero-order valence-electron chi connectivity index (χ0n) is 15.5. The zero-order valence-corrected chi connectivity index (χ0v) is 16.3. The van der Waals surface area contributed by atoms with E-state index in [1.165, 1.54) is 40.6 Å². The number of piperidine rings is 1. The van der Waals surface area contributed by atoms with E-state index in [4.69, 9.17) is 0 Å². The Morgan fingerprint density at radius 1 is 1.20 bits per heavy atom. The minimum absolute atomic E-state index is 0. The van der Waals surface area contributed by atoms with Crippen molar-refractivity contribution in [2.24, 2.45) is 5.92 Å². The molecule has 0 aliphatic carbocycles. The van der Waals surface area contributed by atoms with Crippen LogP contribution in [-0.4, -0.2) is 24.0 Å². The van der Waals surface area contributed by atoms with Gasteiger partial charge in [0.05, 0.1) is 5.52 Å². The molecule has 0 saturated carbocycles. The second kappa shape index (κ2) is 8.72. The van der Waals surface area contributed by atoms with Crippen LogP contribution in [0.2, 0.25) is 0 Å². The maximum atomic E-state index is 12.2. The first-order chi connectivity index (χ1) is 11.5. The summed E-state index contributed by atoms with van der Waals surface area (Å²) >= 11 is 0. The van der Waals surface area contributed by atoms with Gasteiger partial charge in [0.2, 0.25) is 5.91 Å². The molecular formula is C20H30ClN3O. The molecule has 4 nitrogen and oxygen atoms in total. The van der Waals surface area contributed by atoms with Crippen LogP contribution in [0.1, 0.15) is 48.1 Å². The summed E-state index contributed by atoms with van der Waals surface area (Å²) in [5.41, 5.74) is 6.08. The average molecular weight is 364 g/mol. The Bertz CT molecular complexity index is 732. The first-order valence-electron chi connectivity index (χ1n) is 9.10. The van der Waals surface area contributed by atoms with Gasteiger partial charge in [-0.3, -0.25) is 4.79 Å². The molecule has 0 spiro atoms. The van der Waals surface area contributed by atoms with Crippen LogP contribution in [0.25, 0.3) is 10.9 Å². The van der Waals surface area contributed by atoms with Crippen LogP contribution in [0, 0.1) is 26.7 Å². The Balaban J connectivity index is 0.00000225. The van der Waals surface area contributed by atoms with Gasteiger partial charge in [-0.2, -0.15) is 0 Å². The largest absolute Gasteiger partial charge is 0.358 e. The molecule has 1 saturated heterocycles. The number of aryl methyl sites for hydroxylation is 3. The molecule has 1 amide bonds. The molecule has 3 N–H and O–H groups in total. The van der Waals surface area contributed by atoms with Gasteiger partial charge in [0.1, 0.15) is 0 Å². The summed E-state index contributed by atoms with van der Waals surface area (Å²) < 4.78 is 0. The molecule has 0 atom stereocenters. The Hall–Kier alpha value is -1.52. The van der Waals surface area contributed by atoms with Crippen molar-refractivity contribution < 1.29 is 4.79 Å². The van der Waals surface area contributed by atoms with E-state index in [-0.39, 0.29) is 18.3 Å². The third kappa shape index (κ3) is 4.77. The second-order valence-corrected chi connectivity index (χ2v) is 7.23. The Morgan fingerprint density at radius 3 is 2.64 bits per heavy atom. The van der Waals surface area contributed by atoms with Crippen molar-refractivity contribution in [1.82, 2.24) is 15.6 Å². The fourth-order valence-corrected chi connectivity index (χ4v) is 3.72. The molecule has 0 radical (unpaired) electrons. The lowest BCUT2D eigenvalue weighted by atomic mass is 9.93. The summed E-state index contributed by atoms with van der Waals surface area (Å²) in [5, 5.41) is 7.76. The fourth-order valence-electron chi connectivity index (χ4n) is 3.72. The third-order valence-electron chi connectivity index (χ3n) is 5.36. The number of benzene rings is 1. The minimum Gasteiger partial charge on any atom is -0.358 e. The van der Waals surface area contributed by atoms with Gasteiger partial charge in [-0.15, -0.1) is 12.4 Å². The van der Waals surface area contributed by atoms with E-state index in [1.807, 2.05) is 0 Å². The van der Waals surface area contributed by atoms with Crippen molar-refractivity contribution >= 4 is 29.2 Å². The van der Waals surface area contributed by atoms with Crippen LogP contribution < -0.4 is 10.6 Å². The van der Waals surface area contributed by atoms with E-state index in [0.717, 1.165) is 25.0 Å². The number of amides is 1. The highest BCUT2D eigenvalue weighted by molar-refractivity contribution is 5.88. The van der Waals surface area contributed by atoms with Crippen LogP contribution in [-0.2, 0) is 11.3 Å². The number of aromatic nitrogens is 1. The van der Waals surface area contributed by atoms with E-state index in [2.05, 4.69) is 48.5 Å². The normalized spacial score (nSPS) is 15.2. The summed E-state index contributed by atoms with van der Waals surface area (Å²) in [7, 11) is 0. The molecular weight excluding hydrogens is 334 g/mol. The molecule has 1 aromatic carbocycles. The van der Waals surface area contributed by atoms with E-state index in [0.29, 0.717) is 18.9 Å². The number of carbonyl (C=O) groups is 1. The van der Waals surface area contributed by atoms with E-state index in [1.54, 1.807) is 0 Å². The Morgan fingerprint density at radius 2 is 1.92 bits per heavy atom. The average Bonchev–Trinajstić information content (AvgIpc) is 2.87. The summed E-state index contributed by atoms with van der Waals surface area (Å²) in [5.74, 6) is 0.875. The number of carbonyl (C=O) groups excluding carboxylic acids is 1. The Labute approximate surface area is 156 Å². The molecule has 3 rings (SSSR count). The maximum Gasteiger partial charge on any atom is 0.220 e. The van der Waals surface area contributed by atoms with Crippen molar-refractivity contribution in [3.63, 3.8) is 0 Å². The molecule has 1 aliphatic heterocycles. The third-order valence-corrected chi connectivity index (χ3v) is 5.36. The molecule has 1 aliphatic rings. The summed E-state index contributed by atoms with van der Waals surface area (Å²) in [6.45, 7) is 9.16. The molecule has 2 heterocycles. The monoisotopic (exact) mass is 363 g/mol. The Kier molecular flexibility index (Phi) is 6.91. The van der Waals surface area contributed by atoms with Crippen LogP contribution in [0.5, 0.6) is 0 Å². The fraction of sp³-hybridized carbons (Fsp3) is 0.550. The highest BCUT2D eigenvalue weighted by Crippen LogP contribution is 2.26. The molecule has 0 bridgehead atoms. The van der Waals surface area contributed by atoms with Gasteiger partial charge in [-0.25, -0.2) is 0 Å². The molecule has 0 unspecified atom stereocenters. The van der Waals surface area contributed by atoms with Crippen molar-refractivity contribution in [3.8, 4) is 0 Å². The highest BCUT2D eigenvalue weighted by Gasteiger charge is 2.15. The topological polar surface area (TPSA) is 56.9 Å². The second-order valence-electron chi connectivity index (χ2n) is 7.23. The molecule has 25 heavy (non-hydrogen) atoms. The number of aromatic amines is 1. The molecule has 138 valence electrons. The highest BCUT2D eigenvalue weighted by atomic mass is 35.5. The number of nitrogens with one attached hydrogen (secondary N) is 3. The van der Waals surface area contributed by atoms with Gasteiger partial charge in [-0.05, 0) is 76.2 Å². The van der Waals surface area contributed by atoms with E-state index >= 15 is 0 Å². The van der Waals surface area contributed by atoms with E-state index in [9.17, 15) is 4.79 Å². The van der Waals surface area contributed by atoms with Crippen LogP contribution in [0.15, 0.2) is 12.1 Å². The summed E-state index contributed by atoms with van der Waals surface area (Å²) in [4.78, 5) is 15.7. The lowest BCUT2D eigenvalue weighted by molar-refractivity contribution is -0.121. The first-order valence-corrected chi connectivity index (χ1v) is 9.10. The minimum atomic E-state index is 0. The van der Waals surface area contributed by atoms with Gasteiger partial charge < -0.3 is 15.6 Å². The van der Waals surface area contributed by atoms with Gasteiger partial charge in [-0.1, -0.05) is 11.6 Å². The molecule has 1 fully saturated rings. The number of fused-ring (bicyclic) bond motifs is 1. The van der Waals surface area contributed by atoms with Gasteiger partial charge in [0.15, 0.2) is 0 Å². The van der Waals surface area contributed by atoms with Crippen molar-refractivity contribution in [3.05, 3.63) is 34.5 Å². The molecule has 1 aromatic heterocycles. The summed E-state index contributed by atoms with van der Waals surface area (Å²) in [6, 6.07) is 4.39. The van der Waals surface area contributed by atoms with Crippen LogP contribution in [0.3, 0.4) is 0 Å². The van der Waals surface area contributed by atoms with Crippen molar-refractivity contribution in [2.45, 2.75) is 53.0 Å². The SMILES string of the molecule is Cc1cc(CNC(=O)CCC2CCNCC2)c2[nH]c(C)c(C)c2c1.Cl. The summed E-state index contributed by atoms with van der Waals surface area (Å²) in [6.07, 6.45) is 4.06. The lowest BCUT2D eigenvalue weighted by Gasteiger charge is -2.22. The maximum absolute atomic E-state index is 12.2. The predicted octanol–water partition coefficient (Wildman–Crippen LogP) is 3.91. The van der Waals surface area contributed by atoms with Crippen LogP contribution >= 0.6 is 12.4 Å². The lowest BCUT2D eigenvalue weighted by Crippen LogP contribution is -2.29. The zero-order chi connectivity index (χ0) is 17.1. The van der Waals surface area contributed by atoms with Crippen LogP contribution in [0.4, 0.5) is 0 Å². The molecule has 5 heteroatoms. The number of hydrogen-bond acceptors (Lipinski definition) is 2. The first kappa shape index (κ1) is 19.8. The van der Waals surface area contributed by atoms with Crippen molar-refractivity contribution in [1.29, 1.82) is 0 Å². The van der Waals surface area contributed by atoms with E-state index < -0.39 is 0 Å². The van der Waals surface area contributed by atoms with Gasteiger partial charge >= 0.3 is 0 Å². The van der Waals surface area contributed by atoms with Gasteiger partial charge in [0.25, 0.3) is 0 Å². The number of H-pyrrole nitrogens is 1. The van der Waals surface area contributed by atoms with Crippen molar-refractivity contribution in [2.75, 3.05) is 13.1 Å². The number of hydrogen-bond donors (Lipinski definition) is 3. The van der Waals surface area contributed by atoms with Gasteiger partial charge in [0, 0.05) is 24.0 Å². The quantitative estimate of drug-likeness (QED) is 0.754. The number of rotatable bonds is 5. The number of halogens is 1. The predicted molar refractivity (Wildman–Crippen MR) is 106 cm³/mol.